The van der Waals surface area contributed by atoms with Crippen LogP contribution in [0.4, 0.5) is 0 Å². The summed E-state index contributed by atoms with van der Waals surface area (Å²) in [5, 5.41) is 12.1. The van der Waals surface area contributed by atoms with Gasteiger partial charge in [0.15, 0.2) is 11.5 Å². The zero-order valence-electron chi connectivity index (χ0n) is 18.3. The van der Waals surface area contributed by atoms with Crippen molar-refractivity contribution in [2.45, 2.75) is 20.5 Å². The highest BCUT2D eigenvalue weighted by Crippen LogP contribution is 2.38. The molecule has 3 aromatic carbocycles. The molecule has 0 saturated heterocycles. The summed E-state index contributed by atoms with van der Waals surface area (Å²) in [5.41, 5.74) is 2.79. The quantitative estimate of drug-likeness (QED) is 0.367. The minimum absolute atomic E-state index is 0.258. The molecule has 0 fully saturated rings. The van der Waals surface area contributed by atoms with Crippen LogP contribution in [-0.2, 0) is 11.4 Å². The monoisotopic (exact) mass is 509 g/mol. The predicted molar refractivity (Wildman–Crippen MR) is 130 cm³/mol. The molecule has 0 bridgehead atoms. The summed E-state index contributed by atoms with van der Waals surface area (Å²) in [6.07, 6.45) is 1.38. The number of nitrogens with one attached hydrogen (secondary N) is 1. The smallest absolute Gasteiger partial charge is 0.352 e. The highest BCUT2D eigenvalue weighted by atomic mass is 79.9. The fourth-order valence-electron chi connectivity index (χ4n) is 3.13. The molecule has 33 heavy (non-hydrogen) atoms. The fourth-order valence-corrected chi connectivity index (χ4v) is 3.71. The molecular weight excluding hydrogens is 486 g/mol. The van der Waals surface area contributed by atoms with Gasteiger partial charge in [-0.05, 0) is 71.2 Å². The van der Waals surface area contributed by atoms with E-state index in [-0.39, 0.29) is 5.70 Å². The molecule has 0 aliphatic carbocycles. The maximum atomic E-state index is 12.4. The van der Waals surface area contributed by atoms with Gasteiger partial charge in [0.25, 0.3) is 5.91 Å². The summed E-state index contributed by atoms with van der Waals surface area (Å²) >= 11 is 3.50. The van der Waals surface area contributed by atoms with Gasteiger partial charge in [0.05, 0.1) is 11.1 Å². The van der Waals surface area contributed by atoms with Crippen LogP contribution in [0.25, 0.3) is 6.08 Å². The van der Waals surface area contributed by atoms with Gasteiger partial charge in [0, 0.05) is 5.56 Å². The molecule has 0 spiro atoms. The number of aryl methyl sites for hydroxylation is 1. The Labute approximate surface area is 201 Å². The van der Waals surface area contributed by atoms with E-state index >= 15 is 0 Å². The van der Waals surface area contributed by atoms with Crippen LogP contribution in [0.15, 0.2) is 76.9 Å². The molecule has 2 N–H and O–H groups in total. The van der Waals surface area contributed by atoms with E-state index in [1.165, 1.54) is 6.08 Å². The lowest BCUT2D eigenvalue weighted by Crippen LogP contribution is -2.27. The summed E-state index contributed by atoms with van der Waals surface area (Å²) in [4.78, 5) is 24.2. The van der Waals surface area contributed by atoms with Crippen LogP contribution in [0.5, 0.6) is 11.5 Å². The number of carboxylic acid groups (broad SMARTS) is 1. The lowest BCUT2D eigenvalue weighted by atomic mass is 10.1. The number of carbonyl (C=O) groups is 2. The predicted octanol–water partition coefficient (Wildman–Crippen LogP) is 5.59. The Morgan fingerprint density at radius 3 is 2.45 bits per heavy atom. The highest BCUT2D eigenvalue weighted by molar-refractivity contribution is 9.10. The molecule has 0 aliphatic heterocycles. The van der Waals surface area contributed by atoms with E-state index in [9.17, 15) is 14.7 Å². The number of carboxylic acids is 1. The van der Waals surface area contributed by atoms with Crippen molar-refractivity contribution in [2.24, 2.45) is 0 Å². The Bertz CT molecular complexity index is 1170. The largest absolute Gasteiger partial charge is 0.490 e. The van der Waals surface area contributed by atoms with Crippen molar-refractivity contribution in [3.8, 4) is 11.5 Å². The molecule has 6 nitrogen and oxygen atoms in total. The summed E-state index contributed by atoms with van der Waals surface area (Å²) in [7, 11) is 0. The maximum Gasteiger partial charge on any atom is 0.352 e. The van der Waals surface area contributed by atoms with Gasteiger partial charge in [-0.2, -0.15) is 0 Å². The lowest BCUT2D eigenvalue weighted by Gasteiger charge is -2.15. The highest BCUT2D eigenvalue weighted by Gasteiger charge is 2.16. The molecule has 0 saturated carbocycles. The van der Waals surface area contributed by atoms with Gasteiger partial charge in [-0.1, -0.05) is 48.0 Å². The minimum Gasteiger partial charge on any atom is -0.490 e. The molecule has 7 heteroatoms. The Balaban J connectivity index is 1.87. The minimum atomic E-state index is -1.26. The molecule has 0 unspecified atom stereocenters. The number of carbonyl (C=O) groups excluding carboxylic acids is 1. The van der Waals surface area contributed by atoms with E-state index in [1.54, 1.807) is 42.5 Å². The second kappa shape index (κ2) is 11.3. The van der Waals surface area contributed by atoms with Crippen LogP contribution in [0, 0.1) is 6.92 Å². The van der Waals surface area contributed by atoms with Crippen LogP contribution in [0.2, 0.25) is 0 Å². The van der Waals surface area contributed by atoms with Gasteiger partial charge < -0.3 is 19.9 Å². The molecule has 3 aromatic rings. The van der Waals surface area contributed by atoms with Crippen molar-refractivity contribution in [3.05, 3.63) is 99.2 Å². The third-order valence-corrected chi connectivity index (χ3v) is 5.21. The van der Waals surface area contributed by atoms with Crippen LogP contribution in [0.3, 0.4) is 0 Å². The third-order valence-electron chi connectivity index (χ3n) is 4.62. The first-order valence-corrected chi connectivity index (χ1v) is 11.1. The van der Waals surface area contributed by atoms with Gasteiger partial charge in [-0.3, -0.25) is 4.79 Å². The Kier molecular flexibility index (Phi) is 8.27. The normalized spacial score (nSPS) is 11.1. The number of rotatable bonds is 9. The molecule has 3 rings (SSSR count). The topological polar surface area (TPSA) is 84.9 Å². The van der Waals surface area contributed by atoms with Crippen molar-refractivity contribution in [1.29, 1.82) is 0 Å². The van der Waals surface area contributed by atoms with Crippen LogP contribution in [0.1, 0.15) is 34.0 Å². The third kappa shape index (κ3) is 6.70. The van der Waals surface area contributed by atoms with E-state index in [0.717, 1.165) is 11.1 Å². The van der Waals surface area contributed by atoms with Crippen molar-refractivity contribution >= 4 is 33.9 Å². The zero-order chi connectivity index (χ0) is 23.8. The first-order chi connectivity index (χ1) is 15.9. The molecule has 0 aliphatic rings. The van der Waals surface area contributed by atoms with Crippen LogP contribution in [-0.4, -0.2) is 23.6 Å². The molecule has 0 radical (unpaired) electrons. The van der Waals surface area contributed by atoms with Crippen molar-refractivity contribution in [1.82, 2.24) is 5.32 Å². The van der Waals surface area contributed by atoms with E-state index in [2.05, 4.69) is 21.2 Å². The molecule has 1 amide bonds. The average molecular weight is 510 g/mol. The van der Waals surface area contributed by atoms with Crippen molar-refractivity contribution < 1.29 is 24.2 Å². The number of ether oxygens (including phenoxy) is 2. The second-order valence-electron chi connectivity index (χ2n) is 7.22. The van der Waals surface area contributed by atoms with Gasteiger partial charge in [0.2, 0.25) is 0 Å². The van der Waals surface area contributed by atoms with Gasteiger partial charge in [-0.25, -0.2) is 4.79 Å². The number of hydrogen-bond acceptors (Lipinski definition) is 4. The van der Waals surface area contributed by atoms with Crippen LogP contribution < -0.4 is 14.8 Å². The van der Waals surface area contributed by atoms with E-state index < -0.39 is 11.9 Å². The number of aliphatic carboxylic acids is 1. The molecule has 0 atom stereocenters. The first kappa shape index (κ1) is 24.1. The maximum absolute atomic E-state index is 12.4. The molecule has 0 heterocycles. The molecule has 170 valence electrons. The second-order valence-corrected chi connectivity index (χ2v) is 8.08. The van der Waals surface area contributed by atoms with E-state index in [1.807, 2.05) is 38.1 Å². The van der Waals surface area contributed by atoms with Crippen molar-refractivity contribution in [2.75, 3.05) is 6.61 Å². The summed E-state index contributed by atoms with van der Waals surface area (Å²) < 4.78 is 12.4. The number of benzene rings is 3. The van der Waals surface area contributed by atoms with Gasteiger partial charge >= 0.3 is 5.97 Å². The van der Waals surface area contributed by atoms with Crippen LogP contribution >= 0.6 is 15.9 Å². The van der Waals surface area contributed by atoms with Gasteiger partial charge in [-0.15, -0.1) is 0 Å². The fraction of sp³-hybridized carbons (Fsp3) is 0.154. The Morgan fingerprint density at radius 1 is 1.03 bits per heavy atom. The standard InChI is InChI=1S/C26H24BrNO5/c1-3-32-23-15-19(13-21(27)24(23)33-16-18-9-7-8-17(2)12-18)14-22(26(30)31)28-25(29)20-10-5-4-6-11-20/h4-15H,3,16H2,1-2H3,(H,28,29)(H,30,31)/b22-14+. The molecule has 0 aromatic heterocycles. The number of amides is 1. The lowest BCUT2D eigenvalue weighted by molar-refractivity contribution is -0.132. The van der Waals surface area contributed by atoms with E-state index in [0.29, 0.717) is 40.3 Å². The summed E-state index contributed by atoms with van der Waals surface area (Å²) in [6, 6.07) is 19.8. The SMILES string of the molecule is CCOc1cc(/C=C(/NC(=O)c2ccccc2)C(=O)O)cc(Br)c1OCc1cccc(C)c1. The van der Waals surface area contributed by atoms with E-state index in [4.69, 9.17) is 9.47 Å². The van der Waals surface area contributed by atoms with Crippen molar-refractivity contribution in [3.63, 3.8) is 0 Å². The molecular formula is C26H24BrNO5. The Hall–Kier alpha value is -3.58. The number of halogens is 1. The van der Waals surface area contributed by atoms with Gasteiger partial charge in [0.1, 0.15) is 12.3 Å². The zero-order valence-corrected chi connectivity index (χ0v) is 19.9. The Morgan fingerprint density at radius 2 is 1.79 bits per heavy atom. The summed E-state index contributed by atoms with van der Waals surface area (Å²) in [6.45, 7) is 4.62. The average Bonchev–Trinajstić information content (AvgIpc) is 2.79. The first-order valence-electron chi connectivity index (χ1n) is 10.3. The summed E-state index contributed by atoms with van der Waals surface area (Å²) in [5.74, 6) is -0.787. The number of hydrogen-bond donors (Lipinski definition) is 2.